The first-order valence-electron chi connectivity index (χ1n) is 7.81. The number of hydrogen-bond acceptors (Lipinski definition) is 2. The molecule has 3 nitrogen and oxygen atoms in total. The van der Waals surface area contributed by atoms with E-state index in [9.17, 15) is 0 Å². The highest BCUT2D eigenvalue weighted by molar-refractivity contribution is 5.82. The van der Waals surface area contributed by atoms with Crippen molar-refractivity contribution in [1.82, 2.24) is 4.90 Å². The maximum Gasteiger partial charge on any atom is 0.0968 e. The van der Waals surface area contributed by atoms with Gasteiger partial charge < -0.3 is 10.6 Å². The maximum absolute atomic E-state index is 6.16. The Bertz CT molecular complexity index is 261. The molecule has 0 aromatic rings. The SMILES string of the molecule is CCN1CCC(CN=C(N)C2CCCCC2)CC1. The number of amidine groups is 1. The molecule has 0 amide bonds. The van der Waals surface area contributed by atoms with Crippen molar-refractivity contribution in [2.24, 2.45) is 22.6 Å². The normalized spacial score (nSPS) is 25.5. The van der Waals surface area contributed by atoms with Crippen LogP contribution in [0.3, 0.4) is 0 Å². The lowest BCUT2D eigenvalue weighted by atomic mass is 9.88. The van der Waals surface area contributed by atoms with Gasteiger partial charge in [-0.05, 0) is 51.2 Å². The summed E-state index contributed by atoms with van der Waals surface area (Å²) in [6.45, 7) is 6.92. The van der Waals surface area contributed by atoms with Crippen molar-refractivity contribution >= 4 is 5.84 Å². The number of likely N-dealkylation sites (tertiary alicyclic amines) is 1. The monoisotopic (exact) mass is 251 g/mol. The van der Waals surface area contributed by atoms with Crippen LogP contribution in [0.4, 0.5) is 0 Å². The van der Waals surface area contributed by atoms with E-state index in [-0.39, 0.29) is 0 Å². The summed E-state index contributed by atoms with van der Waals surface area (Å²) < 4.78 is 0. The van der Waals surface area contributed by atoms with E-state index in [4.69, 9.17) is 10.7 Å². The molecule has 1 aliphatic heterocycles. The average Bonchev–Trinajstić information content (AvgIpc) is 2.46. The summed E-state index contributed by atoms with van der Waals surface area (Å²) in [6, 6.07) is 0. The minimum Gasteiger partial charge on any atom is -0.387 e. The highest BCUT2D eigenvalue weighted by Gasteiger charge is 2.19. The molecule has 2 fully saturated rings. The Balaban J connectivity index is 1.72. The molecule has 0 radical (unpaired) electrons. The predicted molar refractivity (Wildman–Crippen MR) is 77.9 cm³/mol. The van der Waals surface area contributed by atoms with Crippen molar-refractivity contribution in [3.63, 3.8) is 0 Å². The van der Waals surface area contributed by atoms with Gasteiger partial charge >= 0.3 is 0 Å². The van der Waals surface area contributed by atoms with Gasteiger partial charge in [0.05, 0.1) is 5.84 Å². The van der Waals surface area contributed by atoms with Crippen LogP contribution in [0.25, 0.3) is 0 Å². The summed E-state index contributed by atoms with van der Waals surface area (Å²) >= 11 is 0. The summed E-state index contributed by atoms with van der Waals surface area (Å²) in [5, 5.41) is 0. The second-order valence-corrected chi connectivity index (χ2v) is 5.98. The third-order valence-corrected chi connectivity index (χ3v) is 4.71. The topological polar surface area (TPSA) is 41.6 Å². The number of piperidine rings is 1. The fourth-order valence-electron chi connectivity index (χ4n) is 3.25. The van der Waals surface area contributed by atoms with E-state index < -0.39 is 0 Å². The second kappa shape index (κ2) is 7.13. The van der Waals surface area contributed by atoms with Crippen LogP contribution in [0.1, 0.15) is 51.9 Å². The summed E-state index contributed by atoms with van der Waals surface area (Å²) in [5.41, 5.74) is 6.16. The van der Waals surface area contributed by atoms with Crippen LogP contribution in [0.5, 0.6) is 0 Å². The zero-order valence-electron chi connectivity index (χ0n) is 11.9. The Morgan fingerprint density at radius 1 is 1.11 bits per heavy atom. The van der Waals surface area contributed by atoms with Crippen molar-refractivity contribution < 1.29 is 0 Å². The second-order valence-electron chi connectivity index (χ2n) is 5.98. The van der Waals surface area contributed by atoms with Crippen molar-refractivity contribution in [3.05, 3.63) is 0 Å². The minimum absolute atomic E-state index is 0.592. The van der Waals surface area contributed by atoms with Gasteiger partial charge in [-0.25, -0.2) is 0 Å². The molecular formula is C15H29N3. The standard InChI is InChI=1S/C15H29N3/c1-2-18-10-8-13(9-11-18)12-17-15(16)14-6-4-3-5-7-14/h13-14H,2-12H2,1H3,(H2,16,17). The van der Waals surface area contributed by atoms with Crippen LogP contribution in [0.2, 0.25) is 0 Å². The summed E-state index contributed by atoms with van der Waals surface area (Å²) in [5.74, 6) is 2.32. The number of nitrogens with zero attached hydrogens (tertiary/aromatic N) is 2. The van der Waals surface area contributed by atoms with Crippen LogP contribution in [0.15, 0.2) is 4.99 Å². The number of hydrogen-bond donors (Lipinski definition) is 1. The zero-order valence-corrected chi connectivity index (χ0v) is 11.9. The van der Waals surface area contributed by atoms with E-state index in [1.54, 1.807) is 0 Å². The fourth-order valence-corrected chi connectivity index (χ4v) is 3.25. The van der Waals surface area contributed by atoms with Crippen LogP contribution in [0, 0.1) is 11.8 Å². The molecule has 3 heteroatoms. The number of nitrogens with two attached hydrogens (primary N) is 1. The van der Waals surface area contributed by atoms with E-state index in [2.05, 4.69) is 11.8 Å². The van der Waals surface area contributed by atoms with Crippen molar-refractivity contribution in [3.8, 4) is 0 Å². The molecular weight excluding hydrogens is 222 g/mol. The van der Waals surface area contributed by atoms with Gasteiger partial charge in [-0.3, -0.25) is 4.99 Å². The Morgan fingerprint density at radius 3 is 2.39 bits per heavy atom. The lowest BCUT2D eigenvalue weighted by Gasteiger charge is -2.30. The first-order valence-corrected chi connectivity index (χ1v) is 7.81. The molecule has 2 aliphatic rings. The van der Waals surface area contributed by atoms with Crippen LogP contribution < -0.4 is 5.73 Å². The molecule has 18 heavy (non-hydrogen) atoms. The predicted octanol–water partition coefficient (Wildman–Crippen LogP) is 2.66. The van der Waals surface area contributed by atoms with Crippen molar-refractivity contribution in [2.45, 2.75) is 51.9 Å². The molecule has 0 aromatic carbocycles. The first kappa shape index (κ1) is 13.9. The Morgan fingerprint density at radius 2 is 1.78 bits per heavy atom. The number of rotatable bonds is 4. The van der Waals surface area contributed by atoms with Gasteiger partial charge in [0.25, 0.3) is 0 Å². The maximum atomic E-state index is 6.16. The van der Waals surface area contributed by atoms with Gasteiger partial charge in [0, 0.05) is 12.5 Å². The first-order chi connectivity index (χ1) is 8.79. The molecule has 104 valence electrons. The molecule has 0 spiro atoms. The van der Waals surface area contributed by atoms with E-state index in [0.717, 1.165) is 18.3 Å². The quantitative estimate of drug-likeness (QED) is 0.616. The van der Waals surface area contributed by atoms with Gasteiger partial charge in [0.1, 0.15) is 0 Å². The molecule has 0 bridgehead atoms. The third kappa shape index (κ3) is 3.98. The summed E-state index contributed by atoms with van der Waals surface area (Å²) in [4.78, 5) is 7.23. The largest absolute Gasteiger partial charge is 0.387 e. The van der Waals surface area contributed by atoms with Crippen LogP contribution in [-0.4, -0.2) is 36.9 Å². The van der Waals surface area contributed by atoms with Gasteiger partial charge in [-0.15, -0.1) is 0 Å². The molecule has 1 heterocycles. The zero-order chi connectivity index (χ0) is 12.8. The molecule has 0 unspecified atom stereocenters. The molecule has 2 rings (SSSR count). The van der Waals surface area contributed by atoms with Gasteiger partial charge in [0.2, 0.25) is 0 Å². The molecule has 1 aliphatic carbocycles. The lowest BCUT2D eigenvalue weighted by molar-refractivity contribution is 0.196. The molecule has 2 N–H and O–H groups in total. The van der Waals surface area contributed by atoms with E-state index in [1.807, 2.05) is 0 Å². The highest BCUT2D eigenvalue weighted by atomic mass is 15.1. The average molecular weight is 251 g/mol. The molecule has 0 aromatic heterocycles. The van der Waals surface area contributed by atoms with Crippen molar-refractivity contribution in [1.29, 1.82) is 0 Å². The smallest absolute Gasteiger partial charge is 0.0968 e. The third-order valence-electron chi connectivity index (χ3n) is 4.71. The lowest BCUT2D eigenvalue weighted by Crippen LogP contribution is -2.34. The minimum atomic E-state index is 0.592. The summed E-state index contributed by atoms with van der Waals surface area (Å²) in [6.07, 6.45) is 9.21. The van der Waals surface area contributed by atoms with E-state index in [1.165, 1.54) is 64.6 Å². The highest BCUT2D eigenvalue weighted by Crippen LogP contribution is 2.24. The number of aliphatic imine (C=N–C) groups is 1. The Kier molecular flexibility index (Phi) is 5.48. The Labute approximate surface area is 112 Å². The molecule has 0 atom stereocenters. The van der Waals surface area contributed by atoms with Crippen LogP contribution in [-0.2, 0) is 0 Å². The molecule has 1 saturated carbocycles. The van der Waals surface area contributed by atoms with E-state index >= 15 is 0 Å². The van der Waals surface area contributed by atoms with E-state index in [0.29, 0.717) is 5.92 Å². The van der Waals surface area contributed by atoms with Crippen LogP contribution >= 0.6 is 0 Å². The Hall–Kier alpha value is -0.570. The molecule has 1 saturated heterocycles. The van der Waals surface area contributed by atoms with Gasteiger partial charge in [-0.1, -0.05) is 26.2 Å². The van der Waals surface area contributed by atoms with Crippen molar-refractivity contribution in [2.75, 3.05) is 26.2 Å². The van der Waals surface area contributed by atoms with Gasteiger partial charge in [0.15, 0.2) is 0 Å². The van der Waals surface area contributed by atoms with Gasteiger partial charge in [-0.2, -0.15) is 0 Å². The summed E-state index contributed by atoms with van der Waals surface area (Å²) in [7, 11) is 0. The fraction of sp³-hybridized carbons (Fsp3) is 0.933.